The fourth-order valence-corrected chi connectivity index (χ4v) is 2.44. The van der Waals surface area contributed by atoms with Gasteiger partial charge in [0.1, 0.15) is 5.75 Å². The number of ether oxygens (including phenoxy) is 2. The molecule has 0 spiro atoms. The van der Waals surface area contributed by atoms with Crippen molar-refractivity contribution in [2.45, 2.75) is 25.2 Å². The zero-order valence-corrected chi connectivity index (χ0v) is 12.1. The summed E-state index contributed by atoms with van der Waals surface area (Å²) >= 11 is 1.59. The highest BCUT2D eigenvalue weighted by Gasteiger charge is 2.11. The summed E-state index contributed by atoms with van der Waals surface area (Å²) in [5.41, 5.74) is 1.16. The molecule has 0 saturated carbocycles. The van der Waals surface area contributed by atoms with Crippen molar-refractivity contribution in [1.29, 1.82) is 0 Å². The Morgan fingerprint density at radius 2 is 2.05 bits per heavy atom. The second-order valence-electron chi connectivity index (χ2n) is 4.03. The first-order chi connectivity index (χ1) is 9.15. The number of thioether (sulfide) groups is 1. The van der Waals surface area contributed by atoms with Gasteiger partial charge >= 0.3 is 5.97 Å². The molecule has 1 aromatic rings. The number of esters is 1. The minimum Gasteiger partial charge on any atom is -0.497 e. The highest BCUT2D eigenvalue weighted by Crippen LogP contribution is 2.17. The number of aliphatic hydroxyl groups excluding tert-OH is 1. The number of methoxy groups -OCH3 is 1. The first kappa shape index (κ1) is 15.9. The highest BCUT2D eigenvalue weighted by molar-refractivity contribution is 7.98. The van der Waals surface area contributed by atoms with E-state index in [4.69, 9.17) is 9.47 Å². The molecule has 0 heterocycles. The van der Waals surface area contributed by atoms with Crippen LogP contribution in [0.2, 0.25) is 0 Å². The molecule has 0 aromatic heterocycles. The van der Waals surface area contributed by atoms with Gasteiger partial charge in [-0.25, -0.2) is 0 Å². The van der Waals surface area contributed by atoms with Crippen molar-refractivity contribution in [1.82, 2.24) is 0 Å². The number of carbonyl (C=O) groups excluding carboxylic acids is 1. The van der Waals surface area contributed by atoms with Crippen LogP contribution in [0.25, 0.3) is 0 Å². The lowest BCUT2D eigenvalue weighted by molar-refractivity contribution is -0.144. The highest BCUT2D eigenvalue weighted by atomic mass is 32.2. The molecule has 1 rings (SSSR count). The molecule has 0 aliphatic rings. The maximum Gasteiger partial charge on any atom is 0.308 e. The number of aliphatic hydroxyl groups is 1. The van der Waals surface area contributed by atoms with Gasteiger partial charge in [-0.1, -0.05) is 12.1 Å². The Kier molecular flexibility index (Phi) is 7.36. The average Bonchev–Trinajstić information content (AvgIpc) is 2.39. The first-order valence-corrected chi connectivity index (χ1v) is 7.35. The summed E-state index contributed by atoms with van der Waals surface area (Å²) in [5.74, 6) is 1.80. The van der Waals surface area contributed by atoms with Gasteiger partial charge in [0, 0.05) is 11.5 Å². The monoisotopic (exact) mass is 284 g/mol. The van der Waals surface area contributed by atoms with E-state index in [2.05, 4.69) is 0 Å². The molecule has 0 unspecified atom stereocenters. The Morgan fingerprint density at radius 1 is 1.37 bits per heavy atom. The second kappa shape index (κ2) is 8.82. The van der Waals surface area contributed by atoms with Gasteiger partial charge in [-0.15, -0.1) is 0 Å². The number of hydrogen-bond acceptors (Lipinski definition) is 5. The smallest absolute Gasteiger partial charge is 0.308 e. The number of hydrogen-bond donors (Lipinski definition) is 1. The van der Waals surface area contributed by atoms with Crippen molar-refractivity contribution < 1.29 is 19.4 Å². The molecule has 1 aromatic carbocycles. The van der Waals surface area contributed by atoms with Crippen molar-refractivity contribution in [3.63, 3.8) is 0 Å². The van der Waals surface area contributed by atoms with E-state index in [0.717, 1.165) is 17.1 Å². The summed E-state index contributed by atoms with van der Waals surface area (Å²) in [6, 6.07) is 7.79. The van der Waals surface area contributed by atoms with Crippen molar-refractivity contribution in [3.8, 4) is 5.75 Å². The van der Waals surface area contributed by atoms with Gasteiger partial charge in [-0.2, -0.15) is 11.8 Å². The maximum atomic E-state index is 11.2. The molecule has 0 saturated heterocycles. The van der Waals surface area contributed by atoms with Gasteiger partial charge in [-0.3, -0.25) is 4.79 Å². The fourth-order valence-electron chi connectivity index (χ4n) is 1.51. The lowest BCUT2D eigenvalue weighted by Gasteiger charge is -2.09. The first-order valence-electron chi connectivity index (χ1n) is 6.20. The van der Waals surface area contributed by atoms with Gasteiger partial charge in [-0.05, 0) is 24.6 Å². The van der Waals surface area contributed by atoms with Crippen molar-refractivity contribution in [2.24, 2.45) is 0 Å². The van der Waals surface area contributed by atoms with E-state index in [1.807, 2.05) is 24.3 Å². The molecule has 5 heteroatoms. The Labute approximate surface area is 118 Å². The second-order valence-corrected chi connectivity index (χ2v) is 5.06. The van der Waals surface area contributed by atoms with Crippen molar-refractivity contribution >= 4 is 17.7 Å². The van der Waals surface area contributed by atoms with Gasteiger partial charge in [0.2, 0.25) is 0 Å². The van der Waals surface area contributed by atoms with E-state index in [9.17, 15) is 9.90 Å². The number of benzene rings is 1. The third-order valence-electron chi connectivity index (χ3n) is 2.45. The van der Waals surface area contributed by atoms with Crippen LogP contribution in [0.1, 0.15) is 18.9 Å². The average molecular weight is 284 g/mol. The summed E-state index contributed by atoms with van der Waals surface area (Å²) in [4.78, 5) is 11.2. The molecule has 1 N–H and O–H groups in total. The van der Waals surface area contributed by atoms with Crippen LogP contribution < -0.4 is 4.74 Å². The lowest BCUT2D eigenvalue weighted by atomic mass is 10.2. The maximum absolute atomic E-state index is 11.2. The van der Waals surface area contributed by atoms with E-state index in [1.165, 1.54) is 0 Å². The Balaban J connectivity index is 2.23. The van der Waals surface area contributed by atoms with Crippen LogP contribution in [0.3, 0.4) is 0 Å². The summed E-state index contributed by atoms with van der Waals surface area (Å²) < 4.78 is 9.86. The Bertz CT molecular complexity index is 378. The minimum atomic E-state index is -0.651. The van der Waals surface area contributed by atoms with Gasteiger partial charge < -0.3 is 14.6 Å². The standard InChI is InChI=1S/C14H20O4S/c1-3-18-14(16)8-12(15)10-19-9-11-4-6-13(17-2)7-5-11/h4-7,12,15H,3,8-10H2,1-2H3/t12-/m1/s1. The molecule has 106 valence electrons. The lowest BCUT2D eigenvalue weighted by Crippen LogP contribution is -2.17. The third kappa shape index (κ3) is 6.50. The quantitative estimate of drug-likeness (QED) is 0.742. The molecule has 0 aliphatic heterocycles. The number of carbonyl (C=O) groups is 1. The van der Waals surface area contributed by atoms with E-state index in [-0.39, 0.29) is 12.4 Å². The zero-order valence-electron chi connectivity index (χ0n) is 11.3. The SMILES string of the molecule is CCOC(=O)C[C@@H](O)CSCc1ccc(OC)cc1. The molecule has 19 heavy (non-hydrogen) atoms. The fraction of sp³-hybridized carbons (Fsp3) is 0.500. The molecular formula is C14H20O4S. The van der Waals surface area contributed by atoms with Crippen LogP contribution in [0.15, 0.2) is 24.3 Å². The van der Waals surface area contributed by atoms with Crippen LogP contribution in [-0.2, 0) is 15.3 Å². The predicted octanol–water partition coefficient (Wildman–Crippen LogP) is 2.24. The summed E-state index contributed by atoms with van der Waals surface area (Å²) in [6.45, 7) is 2.10. The van der Waals surface area contributed by atoms with Crippen LogP contribution in [0.4, 0.5) is 0 Å². The molecular weight excluding hydrogens is 264 g/mol. The van der Waals surface area contributed by atoms with E-state index in [0.29, 0.717) is 12.4 Å². The van der Waals surface area contributed by atoms with Crippen LogP contribution in [0.5, 0.6) is 5.75 Å². The van der Waals surface area contributed by atoms with E-state index in [1.54, 1.807) is 25.8 Å². The van der Waals surface area contributed by atoms with Crippen molar-refractivity contribution in [3.05, 3.63) is 29.8 Å². The van der Waals surface area contributed by atoms with Gasteiger partial charge in [0.15, 0.2) is 0 Å². The predicted molar refractivity (Wildman–Crippen MR) is 76.4 cm³/mol. The Hall–Kier alpha value is -1.20. The molecule has 0 fully saturated rings. The summed E-state index contributed by atoms with van der Waals surface area (Å²) in [7, 11) is 1.63. The van der Waals surface area contributed by atoms with E-state index < -0.39 is 6.10 Å². The number of rotatable bonds is 8. The molecule has 0 radical (unpaired) electrons. The third-order valence-corrected chi connectivity index (χ3v) is 3.60. The normalized spacial score (nSPS) is 11.9. The summed E-state index contributed by atoms with van der Waals surface area (Å²) in [5, 5.41) is 9.66. The molecule has 0 amide bonds. The Morgan fingerprint density at radius 3 is 2.63 bits per heavy atom. The van der Waals surface area contributed by atoms with Crippen LogP contribution in [0, 0.1) is 0 Å². The molecule has 0 bridgehead atoms. The minimum absolute atomic E-state index is 0.0590. The topological polar surface area (TPSA) is 55.8 Å². The molecule has 1 atom stereocenters. The molecule has 4 nitrogen and oxygen atoms in total. The zero-order chi connectivity index (χ0) is 14.1. The van der Waals surface area contributed by atoms with Gasteiger partial charge in [0.25, 0.3) is 0 Å². The van der Waals surface area contributed by atoms with Gasteiger partial charge in [0.05, 0.1) is 26.2 Å². The van der Waals surface area contributed by atoms with Crippen molar-refractivity contribution in [2.75, 3.05) is 19.5 Å². The van der Waals surface area contributed by atoms with E-state index >= 15 is 0 Å². The van der Waals surface area contributed by atoms with Crippen LogP contribution in [-0.4, -0.2) is 36.6 Å². The molecule has 0 aliphatic carbocycles. The van der Waals surface area contributed by atoms with Crippen LogP contribution >= 0.6 is 11.8 Å². The largest absolute Gasteiger partial charge is 0.497 e. The summed E-state index contributed by atoms with van der Waals surface area (Å²) in [6.07, 6.45) is -0.592.